The van der Waals surface area contributed by atoms with Crippen molar-refractivity contribution in [3.63, 3.8) is 0 Å². The summed E-state index contributed by atoms with van der Waals surface area (Å²) in [5.74, 6) is -1.53. The second-order valence-corrected chi connectivity index (χ2v) is 5.83. The largest absolute Gasteiger partial charge is 0.481 e. The minimum Gasteiger partial charge on any atom is -0.481 e. The van der Waals surface area contributed by atoms with E-state index in [1.54, 1.807) is 12.3 Å². The van der Waals surface area contributed by atoms with Crippen LogP contribution in [0.2, 0.25) is 0 Å². The number of amides is 1. The molecule has 1 saturated heterocycles. The van der Waals surface area contributed by atoms with Gasteiger partial charge in [-0.25, -0.2) is 13.8 Å². The third kappa shape index (κ3) is 4.45. The molecule has 3 rings (SSSR count). The van der Waals surface area contributed by atoms with Gasteiger partial charge in [0.15, 0.2) is 17.7 Å². The third-order valence-corrected chi connectivity index (χ3v) is 3.92. The molecular weight excluding hydrogens is 344 g/mol. The van der Waals surface area contributed by atoms with Gasteiger partial charge in [-0.05, 0) is 31.2 Å². The summed E-state index contributed by atoms with van der Waals surface area (Å²) in [6.07, 6.45) is 0.672. The number of hydrogen-bond acceptors (Lipinski definition) is 5. The van der Waals surface area contributed by atoms with Gasteiger partial charge >= 0.3 is 0 Å². The number of hydrogen-bond donors (Lipinski definition) is 1. The lowest BCUT2D eigenvalue weighted by Gasteiger charge is -2.27. The summed E-state index contributed by atoms with van der Waals surface area (Å²) in [7, 11) is 0. The Bertz CT molecular complexity index is 765. The number of carbonyl (C=O) groups is 1. The zero-order valence-corrected chi connectivity index (χ0v) is 14.2. The predicted octanol–water partition coefficient (Wildman–Crippen LogP) is 2.60. The van der Waals surface area contributed by atoms with E-state index in [-0.39, 0.29) is 5.75 Å². The molecule has 1 aliphatic heterocycles. The Balaban J connectivity index is 1.57. The number of rotatable bonds is 5. The van der Waals surface area contributed by atoms with Crippen molar-refractivity contribution in [2.75, 3.05) is 36.5 Å². The Labute approximate surface area is 149 Å². The van der Waals surface area contributed by atoms with Crippen molar-refractivity contribution >= 4 is 17.4 Å². The van der Waals surface area contributed by atoms with E-state index in [1.807, 2.05) is 6.07 Å². The summed E-state index contributed by atoms with van der Waals surface area (Å²) in [6.45, 7) is 4.40. The molecule has 1 aromatic carbocycles. The molecular formula is C18H19F2N3O3. The maximum absolute atomic E-state index is 13.2. The fourth-order valence-corrected chi connectivity index (χ4v) is 2.49. The topological polar surface area (TPSA) is 63.7 Å². The quantitative estimate of drug-likeness (QED) is 0.885. The standard InChI is InChI=1S/C18H19F2N3O3/c1-12(26-14-3-4-15(19)16(20)10-14)18(24)22-13-2-5-17(21-11-13)23-6-8-25-9-7-23/h2-5,10-12H,6-9H2,1H3,(H,22,24). The number of anilines is 2. The van der Waals surface area contributed by atoms with E-state index in [1.165, 1.54) is 13.0 Å². The van der Waals surface area contributed by atoms with Crippen LogP contribution in [-0.2, 0) is 9.53 Å². The van der Waals surface area contributed by atoms with Gasteiger partial charge in [0, 0.05) is 19.2 Å². The van der Waals surface area contributed by atoms with Crippen LogP contribution in [0.15, 0.2) is 36.5 Å². The first-order valence-electron chi connectivity index (χ1n) is 8.24. The fraction of sp³-hybridized carbons (Fsp3) is 0.333. The molecule has 6 nitrogen and oxygen atoms in total. The van der Waals surface area contributed by atoms with Gasteiger partial charge in [0.25, 0.3) is 5.91 Å². The molecule has 1 aromatic heterocycles. The number of morpholine rings is 1. The molecule has 1 fully saturated rings. The monoisotopic (exact) mass is 363 g/mol. The highest BCUT2D eigenvalue weighted by Gasteiger charge is 2.17. The minimum atomic E-state index is -1.03. The van der Waals surface area contributed by atoms with Crippen LogP contribution < -0.4 is 15.0 Å². The van der Waals surface area contributed by atoms with Crippen molar-refractivity contribution in [3.8, 4) is 5.75 Å². The average molecular weight is 363 g/mol. The van der Waals surface area contributed by atoms with E-state index in [4.69, 9.17) is 9.47 Å². The number of nitrogens with zero attached hydrogens (tertiary/aromatic N) is 2. The molecule has 1 atom stereocenters. The summed E-state index contributed by atoms with van der Waals surface area (Å²) in [4.78, 5) is 18.6. The molecule has 1 N–H and O–H groups in total. The van der Waals surface area contributed by atoms with Crippen LogP contribution >= 0.6 is 0 Å². The second kappa shape index (κ2) is 8.09. The second-order valence-electron chi connectivity index (χ2n) is 5.83. The first kappa shape index (κ1) is 18.1. The van der Waals surface area contributed by atoms with Crippen LogP contribution in [0.4, 0.5) is 20.3 Å². The number of pyridine rings is 1. The highest BCUT2D eigenvalue weighted by molar-refractivity contribution is 5.94. The number of ether oxygens (including phenoxy) is 2. The van der Waals surface area contributed by atoms with Crippen molar-refractivity contribution in [3.05, 3.63) is 48.2 Å². The van der Waals surface area contributed by atoms with Crippen molar-refractivity contribution in [2.24, 2.45) is 0 Å². The Hall–Kier alpha value is -2.74. The van der Waals surface area contributed by atoms with Gasteiger partial charge in [0.2, 0.25) is 0 Å². The van der Waals surface area contributed by atoms with Crippen LogP contribution in [0.5, 0.6) is 5.75 Å². The maximum atomic E-state index is 13.2. The molecule has 0 bridgehead atoms. The van der Waals surface area contributed by atoms with Gasteiger partial charge in [-0.1, -0.05) is 0 Å². The zero-order chi connectivity index (χ0) is 18.5. The molecule has 138 valence electrons. The minimum absolute atomic E-state index is 0.0762. The average Bonchev–Trinajstić information content (AvgIpc) is 2.66. The van der Waals surface area contributed by atoms with Crippen molar-refractivity contribution in [1.82, 2.24) is 4.98 Å². The summed E-state index contributed by atoms with van der Waals surface area (Å²) in [5, 5.41) is 2.68. The molecule has 26 heavy (non-hydrogen) atoms. The van der Waals surface area contributed by atoms with Crippen molar-refractivity contribution in [1.29, 1.82) is 0 Å². The maximum Gasteiger partial charge on any atom is 0.265 e. The molecule has 1 unspecified atom stereocenters. The van der Waals surface area contributed by atoms with E-state index in [0.29, 0.717) is 18.9 Å². The molecule has 0 spiro atoms. The van der Waals surface area contributed by atoms with Crippen molar-refractivity contribution < 1.29 is 23.0 Å². The molecule has 1 amide bonds. The molecule has 2 aromatic rings. The first-order chi connectivity index (χ1) is 12.5. The molecule has 0 saturated carbocycles. The van der Waals surface area contributed by atoms with Gasteiger partial charge in [-0.2, -0.15) is 0 Å². The summed E-state index contributed by atoms with van der Waals surface area (Å²) >= 11 is 0. The lowest BCUT2D eigenvalue weighted by atomic mass is 10.3. The van der Waals surface area contributed by atoms with Crippen molar-refractivity contribution in [2.45, 2.75) is 13.0 Å². The third-order valence-electron chi connectivity index (χ3n) is 3.92. The van der Waals surface area contributed by atoms with Gasteiger partial charge in [-0.3, -0.25) is 4.79 Å². The first-order valence-corrected chi connectivity index (χ1v) is 8.24. The predicted molar refractivity (Wildman–Crippen MR) is 92.3 cm³/mol. The number of carbonyl (C=O) groups excluding carboxylic acids is 1. The molecule has 2 heterocycles. The van der Waals surface area contributed by atoms with Crippen LogP contribution in [0.3, 0.4) is 0 Å². The number of aromatic nitrogens is 1. The van der Waals surface area contributed by atoms with E-state index in [0.717, 1.165) is 31.0 Å². The SMILES string of the molecule is CC(Oc1ccc(F)c(F)c1)C(=O)Nc1ccc(N2CCOCC2)nc1. The van der Waals surface area contributed by atoms with E-state index >= 15 is 0 Å². The highest BCUT2D eigenvalue weighted by Crippen LogP contribution is 2.18. The van der Waals surface area contributed by atoms with Crippen LogP contribution in [0, 0.1) is 11.6 Å². The smallest absolute Gasteiger partial charge is 0.265 e. The fourth-order valence-electron chi connectivity index (χ4n) is 2.49. The molecule has 0 radical (unpaired) electrons. The lowest BCUT2D eigenvalue weighted by Crippen LogP contribution is -2.36. The van der Waals surface area contributed by atoms with Crippen LogP contribution in [0.1, 0.15) is 6.92 Å². The Morgan fingerprint density at radius 2 is 2.00 bits per heavy atom. The van der Waals surface area contributed by atoms with Crippen LogP contribution in [-0.4, -0.2) is 43.3 Å². The molecule has 1 aliphatic rings. The van der Waals surface area contributed by atoms with E-state index < -0.39 is 23.6 Å². The van der Waals surface area contributed by atoms with Gasteiger partial charge in [-0.15, -0.1) is 0 Å². The Morgan fingerprint density at radius 1 is 1.23 bits per heavy atom. The van der Waals surface area contributed by atoms with E-state index in [9.17, 15) is 13.6 Å². The van der Waals surface area contributed by atoms with E-state index in [2.05, 4.69) is 15.2 Å². The van der Waals surface area contributed by atoms with Gasteiger partial charge in [0.1, 0.15) is 11.6 Å². The lowest BCUT2D eigenvalue weighted by molar-refractivity contribution is -0.122. The highest BCUT2D eigenvalue weighted by atomic mass is 19.2. The molecule has 0 aliphatic carbocycles. The zero-order valence-electron chi connectivity index (χ0n) is 14.2. The molecule has 8 heteroatoms. The number of halogens is 2. The van der Waals surface area contributed by atoms with Gasteiger partial charge < -0.3 is 19.7 Å². The summed E-state index contributed by atoms with van der Waals surface area (Å²) in [6, 6.07) is 6.68. The summed E-state index contributed by atoms with van der Waals surface area (Å²) < 4.78 is 36.8. The normalized spacial score (nSPS) is 15.4. The Kier molecular flexibility index (Phi) is 5.62. The van der Waals surface area contributed by atoms with Crippen LogP contribution in [0.25, 0.3) is 0 Å². The number of benzene rings is 1. The summed E-state index contributed by atoms with van der Waals surface area (Å²) in [5.41, 5.74) is 0.521. The Morgan fingerprint density at radius 3 is 2.65 bits per heavy atom. The number of nitrogens with one attached hydrogen (secondary N) is 1. The van der Waals surface area contributed by atoms with Gasteiger partial charge in [0.05, 0.1) is 25.1 Å².